The van der Waals surface area contributed by atoms with Gasteiger partial charge in [0.25, 0.3) is 5.91 Å². The van der Waals surface area contributed by atoms with Crippen molar-refractivity contribution in [1.82, 2.24) is 15.3 Å². The number of amides is 1. The largest absolute Gasteiger partial charge is 0.351 e. The summed E-state index contributed by atoms with van der Waals surface area (Å²) in [5, 5.41) is 6.61. The van der Waals surface area contributed by atoms with Gasteiger partial charge in [0.1, 0.15) is 17.8 Å². The highest BCUT2D eigenvalue weighted by atomic mass is 35.5. The summed E-state index contributed by atoms with van der Waals surface area (Å²) in [7, 11) is 0. The Bertz CT molecular complexity index is 649. The summed E-state index contributed by atoms with van der Waals surface area (Å²) in [6.45, 7) is 2.58. The van der Waals surface area contributed by atoms with E-state index in [4.69, 9.17) is 23.2 Å². The zero-order chi connectivity index (χ0) is 15.2. The number of nitrogens with one attached hydrogen (secondary N) is 2. The summed E-state index contributed by atoms with van der Waals surface area (Å²) >= 11 is 12.0. The summed E-state index contributed by atoms with van der Waals surface area (Å²) in [5.74, 6) is 0.232. The van der Waals surface area contributed by atoms with E-state index in [1.54, 1.807) is 24.3 Å². The van der Waals surface area contributed by atoms with Crippen molar-refractivity contribution < 1.29 is 4.79 Å². The molecule has 0 atom stereocenters. The third-order valence-electron chi connectivity index (χ3n) is 2.65. The quantitative estimate of drug-likeness (QED) is 0.880. The van der Waals surface area contributed by atoms with E-state index >= 15 is 0 Å². The molecule has 0 aliphatic carbocycles. The standard InChI is InChI=1S/C14H14Cl2N4O/c1-2-6-17-14(21)11-7-12(19-8-18-11)20-10-5-3-4-9(15)13(10)16/h3-5,7-8H,2,6H2,1H3,(H,17,21)(H,18,19,20). The normalized spacial score (nSPS) is 10.2. The van der Waals surface area contributed by atoms with Crippen molar-refractivity contribution in [1.29, 1.82) is 0 Å². The topological polar surface area (TPSA) is 66.9 Å². The molecular weight excluding hydrogens is 311 g/mol. The van der Waals surface area contributed by atoms with Crippen LogP contribution in [0.15, 0.2) is 30.6 Å². The van der Waals surface area contributed by atoms with Crippen LogP contribution in [0.5, 0.6) is 0 Å². The molecule has 1 aromatic carbocycles. The molecule has 0 saturated heterocycles. The van der Waals surface area contributed by atoms with Crippen LogP contribution in [0.2, 0.25) is 10.0 Å². The van der Waals surface area contributed by atoms with Crippen LogP contribution in [-0.4, -0.2) is 22.4 Å². The van der Waals surface area contributed by atoms with Gasteiger partial charge in [-0.15, -0.1) is 0 Å². The molecule has 0 spiro atoms. The van der Waals surface area contributed by atoms with Gasteiger partial charge in [-0.05, 0) is 18.6 Å². The fraction of sp³-hybridized carbons (Fsp3) is 0.214. The van der Waals surface area contributed by atoms with Crippen LogP contribution in [0.3, 0.4) is 0 Å². The smallest absolute Gasteiger partial charge is 0.270 e. The average Bonchev–Trinajstić information content (AvgIpc) is 2.50. The third-order valence-corrected chi connectivity index (χ3v) is 3.47. The Balaban J connectivity index is 2.18. The lowest BCUT2D eigenvalue weighted by Crippen LogP contribution is -2.25. The van der Waals surface area contributed by atoms with Crippen LogP contribution >= 0.6 is 23.2 Å². The predicted octanol–water partition coefficient (Wildman–Crippen LogP) is 3.67. The maximum Gasteiger partial charge on any atom is 0.270 e. The van der Waals surface area contributed by atoms with Crippen molar-refractivity contribution in [2.24, 2.45) is 0 Å². The van der Waals surface area contributed by atoms with Crippen LogP contribution in [-0.2, 0) is 0 Å². The Hall–Kier alpha value is -1.85. The van der Waals surface area contributed by atoms with Gasteiger partial charge in [-0.2, -0.15) is 0 Å². The monoisotopic (exact) mass is 324 g/mol. The predicted molar refractivity (Wildman–Crippen MR) is 84.4 cm³/mol. The van der Waals surface area contributed by atoms with Crippen molar-refractivity contribution in [2.75, 3.05) is 11.9 Å². The van der Waals surface area contributed by atoms with E-state index in [2.05, 4.69) is 20.6 Å². The second-order valence-electron chi connectivity index (χ2n) is 4.27. The number of aromatic nitrogens is 2. The molecule has 0 aliphatic heterocycles. The van der Waals surface area contributed by atoms with Crippen LogP contribution in [0.4, 0.5) is 11.5 Å². The fourth-order valence-corrected chi connectivity index (χ4v) is 1.97. The number of benzene rings is 1. The number of hydrogen-bond donors (Lipinski definition) is 2. The molecule has 2 aromatic rings. The number of carbonyl (C=O) groups is 1. The number of anilines is 2. The lowest BCUT2D eigenvalue weighted by atomic mass is 10.3. The van der Waals surface area contributed by atoms with Crippen molar-refractivity contribution in [3.05, 3.63) is 46.3 Å². The Morgan fingerprint density at radius 3 is 2.86 bits per heavy atom. The average molecular weight is 325 g/mol. The first-order valence-electron chi connectivity index (χ1n) is 6.43. The Morgan fingerprint density at radius 1 is 1.29 bits per heavy atom. The Labute approximate surface area is 132 Å². The molecule has 2 N–H and O–H groups in total. The van der Waals surface area contributed by atoms with Gasteiger partial charge in [-0.1, -0.05) is 36.2 Å². The summed E-state index contributed by atoms with van der Waals surface area (Å²) in [5.41, 5.74) is 0.905. The van der Waals surface area contributed by atoms with E-state index in [9.17, 15) is 4.79 Å². The van der Waals surface area contributed by atoms with E-state index in [-0.39, 0.29) is 5.91 Å². The lowest BCUT2D eigenvalue weighted by molar-refractivity contribution is 0.0948. The van der Waals surface area contributed by atoms with Gasteiger partial charge in [0, 0.05) is 12.6 Å². The van der Waals surface area contributed by atoms with Gasteiger partial charge in [0.15, 0.2) is 0 Å². The molecule has 21 heavy (non-hydrogen) atoms. The molecule has 0 saturated carbocycles. The summed E-state index contributed by atoms with van der Waals surface area (Å²) in [4.78, 5) is 19.9. The van der Waals surface area contributed by atoms with E-state index < -0.39 is 0 Å². The molecule has 0 radical (unpaired) electrons. The Morgan fingerprint density at radius 2 is 2.10 bits per heavy atom. The third kappa shape index (κ3) is 4.06. The van der Waals surface area contributed by atoms with Gasteiger partial charge in [-0.3, -0.25) is 4.79 Å². The van der Waals surface area contributed by atoms with E-state index in [1.165, 1.54) is 6.33 Å². The zero-order valence-electron chi connectivity index (χ0n) is 11.4. The maximum atomic E-state index is 11.9. The molecule has 0 bridgehead atoms. The first-order chi connectivity index (χ1) is 10.1. The van der Waals surface area contributed by atoms with Gasteiger partial charge in [0.05, 0.1) is 15.7 Å². The van der Waals surface area contributed by atoms with Crippen molar-refractivity contribution in [3.63, 3.8) is 0 Å². The number of hydrogen-bond acceptors (Lipinski definition) is 4. The van der Waals surface area contributed by atoms with Gasteiger partial charge < -0.3 is 10.6 Å². The molecule has 7 heteroatoms. The first kappa shape index (κ1) is 15.5. The van der Waals surface area contributed by atoms with E-state index in [1.807, 2.05) is 6.92 Å². The molecule has 1 heterocycles. The molecule has 1 amide bonds. The molecule has 2 rings (SSSR count). The highest BCUT2D eigenvalue weighted by Gasteiger charge is 2.09. The molecule has 5 nitrogen and oxygen atoms in total. The number of nitrogens with zero attached hydrogens (tertiary/aromatic N) is 2. The van der Waals surface area contributed by atoms with E-state index in [0.717, 1.165) is 6.42 Å². The molecule has 0 fully saturated rings. The van der Waals surface area contributed by atoms with Gasteiger partial charge in [-0.25, -0.2) is 9.97 Å². The van der Waals surface area contributed by atoms with Crippen molar-refractivity contribution in [2.45, 2.75) is 13.3 Å². The molecular formula is C14H14Cl2N4O. The highest BCUT2D eigenvalue weighted by molar-refractivity contribution is 6.43. The molecule has 0 unspecified atom stereocenters. The van der Waals surface area contributed by atoms with E-state index in [0.29, 0.717) is 33.8 Å². The fourth-order valence-electron chi connectivity index (χ4n) is 1.62. The van der Waals surface area contributed by atoms with Crippen LogP contribution < -0.4 is 10.6 Å². The summed E-state index contributed by atoms with van der Waals surface area (Å²) < 4.78 is 0. The highest BCUT2D eigenvalue weighted by Crippen LogP contribution is 2.31. The second kappa shape index (κ2) is 7.24. The first-order valence-corrected chi connectivity index (χ1v) is 7.18. The van der Waals surface area contributed by atoms with Gasteiger partial charge in [0.2, 0.25) is 0 Å². The summed E-state index contributed by atoms with van der Waals surface area (Å²) in [6, 6.07) is 6.79. The number of carbonyl (C=O) groups excluding carboxylic acids is 1. The molecule has 110 valence electrons. The minimum Gasteiger partial charge on any atom is -0.351 e. The minimum absolute atomic E-state index is 0.237. The van der Waals surface area contributed by atoms with Crippen LogP contribution in [0, 0.1) is 0 Å². The Kier molecular flexibility index (Phi) is 5.36. The summed E-state index contributed by atoms with van der Waals surface area (Å²) in [6.07, 6.45) is 2.18. The number of halogens is 2. The van der Waals surface area contributed by atoms with Crippen molar-refractivity contribution >= 4 is 40.6 Å². The maximum absolute atomic E-state index is 11.9. The molecule has 0 aliphatic rings. The minimum atomic E-state index is -0.237. The van der Waals surface area contributed by atoms with Crippen LogP contribution in [0.1, 0.15) is 23.8 Å². The lowest BCUT2D eigenvalue weighted by Gasteiger charge is -2.09. The SMILES string of the molecule is CCCNC(=O)c1cc(Nc2cccc(Cl)c2Cl)ncn1. The molecule has 1 aromatic heterocycles. The second-order valence-corrected chi connectivity index (χ2v) is 5.06. The van der Waals surface area contributed by atoms with Gasteiger partial charge >= 0.3 is 0 Å². The van der Waals surface area contributed by atoms with Crippen molar-refractivity contribution in [3.8, 4) is 0 Å². The van der Waals surface area contributed by atoms with Crippen LogP contribution in [0.25, 0.3) is 0 Å². The zero-order valence-corrected chi connectivity index (χ0v) is 12.9. The number of rotatable bonds is 5.